The highest BCUT2D eigenvalue weighted by atomic mass is 32.2. The molecule has 0 atom stereocenters. The zero-order chi connectivity index (χ0) is 17.7. The molecule has 1 N–H and O–H groups in total. The van der Waals surface area contributed by atoms with Crippen molar-refractivity contribution in [2.75, 3.05) is 11.5 Å². The Morgan fingerprint density at radius 2 is 1.77 bits per heavy atom. The van der Waals surface area contributed by atoms with Gasteiger partial charge in [-0.3, -0.25) is 0 Å². The van der Waals surface area contributed by atoms with Gasteiger partial charge in [-0.25, -0.2) is 17.9 Å². The quantitative estimate of drug-likeness (QED) is 0.742. The van der Waals surface area contributed by atoms with E-state index in [1.54, 1.807) is 10.8 Å². The number of hydrogen-bond acceptors (Lipinski definition) is 5. The number of fused-ring (bicyclic) bond motifs is 3. The van der Waals surface area contributed by atoms with Gasteiger partial charge in [-0.1, -0.05) is 5.21 Å². The minimum absolute atomic E-state index is 0.297. The summed E-state index contributed by atoms with van der Waals surface area (Å²) in [4.78, 5) is 7.49. The van der Waals surface area contributed by atoms with E-state index in [0.29, 0.717) is 29.3 Å². The second-order valence-electron chi connectivity index (χ2n) is 7.99. The predicted molar refractivity (Wildman–Crippen MR) is 98.7 cm³/mol. The maximum atomic E-state index is 12.3. The van der Waals surface area contributed by atoms with Crippen LogP contribution in [0.5, 0.6) is 0 Å². The molecule has 3 aromatic rings. The highest BCUT2D eigenvalue weighted by Crippen LogP contribution is 2.39. The monoisotopic (exact) mass is 373 g/mol. The summed E-state index contributed by atoms with van der Waals surface area (Å²) in [5.74, 6) is 1.85. The molecule has 2 aliphatic carbocycles. The van der Waals surface area contributed by atoms with Crippen molar-refractivity contribution < 1.29 is 8.42 Å². The molecule has 138 valence electrons. The maximum Gasteiger partial charge on any atom is 0.150 e. The highest BCUT2D eigenvalue weighted by Gasteiger charge is 2.32. The van der Waals surface area contributed by atoms with Crippen molar-refractivity contribution in [2.45, 2.75) is 44.4 Å². The van der Waals surface area contributed by atoms with Gasteiger partial charge in [0.15, 0.2) is 9.84 Å². The van der Waals surface area contributed by atoms with Gasteiger partial charge in [0.25, 0.3) is 0 Å². The lowest BCUT2D eigenvalue weighted by Crippen LogP contribution is -2.24. The Kier molecular flexibility index (Phi) is 3.77. The molecule has 0 aliphatic heterocycles. The number of H-pyrrole nitrogens is 1. The van der Waals surface area contributed by atoms with E-state index in [0.717, 1.165) is 60.8 Å². The summed E-state index contributed by atoms with van der Waals surface area (Å²) in [7, 11) is -2.89. The molecule has 3 heterocycles. The van der Waals surface area contributed by atoms with E-state index in [9.17, 15) is 8.42 Å². The number of aromatic amines is 1. The van der Waals surface area contributed by atoms with Crippen LogP contribution < -0.4 is 0 Å². The minimum atomic E-state index is -2.89. The second kappa shape index (κ2) is 6.04. The van der Waals surface area contributed by atoms with Gasteiger partial charge in [0, 0.05) is 17.5 Å². The van der Waals surface area contributed by atoms with Crippen LogP contribution in [-0.4, -0.2) is 44.7 Å². The summed E-state index contributed by atoms with van der Waals surface area (Å²) in [6.07, 6.45) is 9.63. The Balaban J connectivity index is 1.32. The van der Waals surface area contributed by atoms with Crippen molar-refractivity contribution in [1.82, 2.24) is 24.8 Å². The number of hydrogen-bond donors (Lipinski definition) is 1. The topological polar surface area (TPSA) is 93.0 Å². The Bertz CT molecular complexity index is 1040. The zero-order valence-corrected chi connectivity index (χ0v) is 15.5. The summed E-state index contributed by atoms with van der Waals surface area (Å²) >= 11 is 0. The molecule has 2 saturated carbocycles. The molecule has 8 heteroatoms. The largest absolute Gasteiger partial charge is 0.346 e. The van der Waals surface area contributed by atoms with E-state index in [1.807, 2.05) is 12.3 Å². The van der Waals surface area contributed by atoms with Crippen molar-refractivity contribution in [3.63, 3.8) is 0 Å². The molecule has 0 saturated heterocycles. The molecule has 26 heavy (non-hydrogen) atoms. The third-order valence-electron chi connectivity index (χ3n) is 5.91. The molecular formula is C18H23N5O2S. The van der Waals surface area contributed by atoms with E-state index in [4.69, 9.17) is 0 Å². The van der Waals surface area contributed by atoms with E-state index in [2.05, 4.69) is 20.3 Å². The average Bonchev–Trinajstić information content (AvgIpc) is 3.11. The van der Waals surface area contributed by atoms with Gasteiger partial charge in [0.05, 0.1) is 17.2 Å². The Morgan fingerprint density at radius 1 is 1.08 bits per heavy atom. The summed E-state index contributed by atoms with van der Waals surface area (Å²) in [6.45, 7) is 0. The van der Waals surface area contributed by atoms with Crippen molar-refractivity contribution in [2.24, 2.45) is 11.8 Å². The number of nitrogens with one attached hydrogen (secondary N) is 1. The van der Waals surface area contributed by atoms with E-state index in [-0.39, 0.29) is 0 Å². The lowest BCUT2D eigenvalue weighted by Gasteiger charge is -2.27. The molecular weight excluding hydrogens is 350 g/mol. The summed E-state index contributed by atoms with van der Waals surface area (Å²) in [6, 6.07) is 2.01. The smallest absolute Gasteiger partial charge is 0.150 e. The zero-order valence-electron chi connectivity index (χ0n) is 14.6. The normalized spacial score (nSPS) is 24.5. The van der Waals surface area contributed by atoms with Gasteiger partial charge >= 0.3 is 0 Å². The first kappa shape index (κ1) is 16.2. The summed E-state index contributed by atoms with van der Waals surface area (Å²) < 4.78 is 26.4. The van der Waals surface area contributed by atoms with E-state index >= 15 is 0 Å². The van der Waals surface area contributed by atoms with E-state index in [1.165, 1.54) is 0 Å². The molecule has 0 spiro atoms. The van der Waals surface area contributed by atoms with E-state index < -0.39 is 9.84 Å². The molecule has 5 rings (SSSR count). The SMILES string of the molecule is O=S(=O)(CC1CC1)CC1CCC(c2nnn3cnc4[nH]ccc4c23)CC1. The van der Waals surface area contributed by atoms with Gasteiger partial charge in [-0.2, -0.15) is 0 Å². The Hall–Kier alpha value is -1.96. The van der Waals surface area contributed by atoms with Crippen LogP contribution in [0, 0.1) is 11.8 Å². The first-order chi connectivity index (χ1) is 12.6. The van der Waals surface area contributed by atoms with Gasteiger partial charge in [0.2, 0.25) is 0 Å². The molecule has 0 bridgehead atoms. The third kappa shape index (κ3) is 3.00. The first-order valence-corrected chi connectivity index (χ1v) is 11.3. The molecule has 0 amide bonds. The van der Waals surface area contributed by atoms with Crippen LogP contribution in [0.3, 0.4) is 0 Å². The molecule has 3 aromatic heterocycles. The number of aromatic nitrogens is 5. The first-order valence-electron chi connectivity index (χ1n) is 9.46. The van der Waals surface area contributed by atoms with Crippen LogP contribution in [0.15, 0.2) is 18.6 Å². The molecule has 0 unspecified atom stereocenters. The molecule has 2 fully saturated rings. The molecule has 0 radical (unpaired) electrons. The summed E-state index contributed by atoms with van der Waals surface area (Å²) in [5.41, 5.74) is 2.90. The molecule has 2 aliphatic rings. The number of sulfone groups is 1. The van der Waals surface area contributed by atoms with Crippen molar-refractivity contribution >= 4 is 26.4 Å². The third-order valence-corrected chi connectivity index (χ3v) is 7.87. The average molecular weight is 373 g/mol. The number of nitrogens with zero attached hydrogens (tertiary/aromatic N) is 4. The maximum absolute atomic E-state index is 12.3. The minimum Gasteiger partial charge on any atom is -0.346 e. The second-order valence-corrected chi connectivity index (χ2v) is 10.1. The highest BCUT2D eigenvalue weighted by molar-refractivity contribution is 7.91. The van der Waals surface area contributed by atoms with Crippen LogP contribution >= 0.6 is 0 Å². The number of rotatable bonds is 5. The Labute approximate surface area is 152 Å². The Morgan fingerprint density at radius 3 is 2.46 bits per heavy atom. The summed E-state index contributed by atoms with van der Waals surface area (Å²) in [5, 5.41) is 9.72. The van der Waals surface area contributed by atoms with Crippen LogP contribution in [0.1, 0.15) is 50.1 Å². The molecule has 7 nitrogen and oxygen atoms in total. The van der Waals surface area contributed by atoms with Crippen LogP contribution in [0.25, 0.3) is 16.6 Å². The standard InChI is InChI=1S/C18H23N5O2S/c24-26(25,9-12-1-2-12)10-13-3-5-14(6-4-13)16-17-15-7-8-19-18(15)20-11-23(17)22-21-16/h7-8,11-14,19H,1-6,9-10H2. The fourth-order valence-electron chi connectivity index (χ4n) is 4.37. The predicted octanol–water partition coefficient (Wildman–Crippen LogP) is 2.70. The van der Waals surface area contributed by atoms with Gasteiger partial charge < -0.3 is 4.98 Å². The fourth-order valence-corrected chi connectivity index (χ4v) is 6.61. The van der Waals surface area contributed by atoms with Crippen molar-refractivity contribution in [3.8, 4) is 0 Å². The molecule has 0 aromatic carbocycles. The van der Waals surface area contributed by atoms with Crippen molar-refractivity contribution in [1.29, 1.82) is 0 Å². The lowest BCUT2D eigenvalue weighted by atomic mass is 9.81. The van der Waals surface area contributed by atoms with Crippen LogP contribution in [0.2, 0.25) is 0 Å². The lowest BCUT2D eigenvalue weighted by molar-refractivity contribution is 0.345. The van der Waals surface area contributed by atoms with Gasteiger partial charge in [-0.15, -0.1) is 5.10 Å². The van der Waals surface area contributed by atoms with Gasteiger partial charge in [-0.05, 0) is 56.4 Å². The van der Waals surface area contributed by atoms with Crippen LogP contribution in [0.4, 0.5) is 0 Å². The van der Waals surface area contributed by atoms with Gasteiger partial charge in [0.1, 0.15) is 17.5 Å². The van der Waals surface area contributed by atoms with Crippen LogP contribution in [-0.2, 0) is 9.84 Å². The van der Waals surface area contributed by atoms with Crippen molar-refractivity contribution in [3.05, 3.63) is 24.3 Å². The fraction of sp³-hybridized carbons (Fsp3) is 0.611.